The van der Waals surface area contributed by atoms with Gasteiger partial charge in [-0.05, 0) is 114 Å². The topological polar surface area (TPSA) is 32.0 Å². The average molecular weight is 700 g/mol. The Hall–Kier alpha value is -6.13. The fourth-order valence-corrected chi connectivity index (χ4v) is 9.65. The quantitative estimate of drug-likeness (QED) is 0.179. The summed E-state index contributed by atoms with van der Waals surface area (Å²) in [5.41, 5.74) is 17.8. The van der Waals surface area contributed by atoms with Gasteiger partial charge in [0.15, 0.2) is 0 Å². The van der Waals surface area contributed by atoms with Crippen molar-refractivity contribution in [3.8, 4) is 28.5 Å². The average Bonchev–Trinajstić information content (AvgIpc) is 3.92. The molecule has 4 nitrogen and oxygen atoms in total. The fourth-order valence-electron chi connectivity index (χ4n) is 9.65. The monoisotopic (exact) mass is 699 g/mol. The number of imidazole rings is 1. The highest BCUT2D eigenvalue weighted by Crippen LogP contribution is 2.54. The van der Waals surface area contributed by atoms with Crippen LogP contribution in [0.5, 0.6) is 5.75 Å². The maximum Gasteiger partial charge on any atom is 0.147 e. The molecule has 0 radical (unpaired) electrons. The van der Waals surface area contributed by atoms with E-state index in [1.807, 2.05) is 0 Å². The van der Waals surface area contributed by atoms with Crippen molar-refractivity contribution in [3.05, 3.63) is 179 Å². The van der Waals surface area contributed by atoms with Gasteiger partial charge < -0.3 is 9.30 Å². The lowest BCUT2D eigenvalue weighted by atomic mass is 9.74. The molecule has 3 aliphatic carbocycles. The summed E-state index contributed by atoms with van der Waals surface area (Å²) in [6.45, 7) is 2.35. The van der Waals surface area contributed by atoms with Crippen molar-refractivity contribution in [3.63, 3.8) is 0 Å². The number of hydrogen-bond donors (Lipinski definition) is 0. The van der Waals surface area contributed by atoms with E-state index in [0.717, 1.165) is 66.0 Å². The first-order valence-electron chi connectivity index (χ1n) is 19.5. The van der Waals surface area contributed by atoms with Crippen LogP contribution in [0.15, 0.2) is 140 Å². The first kappa shape index (κ1) is 31.4. The van der Waals surface area contributed by atoms with Gasteiger partial charge in [-0.15, -0.1) is 0 Å². The molecule has 3 atom stereocenters. The third kappa shape index (κ3) is 4.86. The second-order valence-electron chi connectivity index (χ2n) is 15.3. The molecule has 0 amide bonds. The van der Waals surface area contributed by atoms with E-state index in [9.17, 15) is 0 Å². The van der Waals surface area contributed by atoms with E-state index in [1.165, 1.54) is 56.0 Å². The van der Waals surface area contributed by atoms with Crippen molar-refractivity contribution in [2.24, 2.45) is 5.92 Å². The van der Waals surface area contributed by atoms with Crippen LogP contribution in [-0.2, 0) is 12.8 Å². The molecule has 0 N–H and O–H groups in total. The lowest BCUT2D eigenvalue weighted by Crippen LogP contribution is -2.30. The second-order valence-corrected chi connectivity index (χ2v) is 15.3. The Balaban J connectivity index is 0.989. The minimum Gasteiger partial charge on any atom is -0.487 e. The Morgan fingerprint density at radius 1 is 0.704 bits per heavy atom. The molecular formula is C50H41N3O. The number of nitrogens with zero attached hydrogens (tertiary/aromatic N) is 3. The summed E-state index contributed by atoms with van der Waals surface area (Å²) in [7, 11) is 0. The summed E-state index contributed by atoms with van der Waals surface area (Å²) < 4.78 is 12.0. The molecule has 0 bridgehead atoms. The molecule has 54 heavy (non-hydrogen) atoms. The molecule has 0 fully saturated rings. The third-order valence-corrected chi connectivity index (χ3v) is 12.2. The highest BCUT2D eigenvalue weighted by Gasteiger charge is 2.44. The van der Waals surface area contributed by atoms with Gasteiger partial charge in [-0.25, -0.2) is 4.98 Å². The molecule has 4 aliphatic rings. The Morgan fingerprint density at radius 3 is 2.33 bits per heavy atom. The van der Waals surface area contributed by atoms with Gasteiger partial charge in [-0.3, -0.25) is 4.57 Å². The summed E-state index contributed by atoms with van der Waals surface area (Å²) in [5, 5.41) is 0. The summed E-state index contributed by atoms with van der Waals surface area (Å²) in [6, 6.07) is 45.8. The van der Waals surface area contributed by atoms with Crippen LogP contribution in [-0.4, -0.2) is 20.2 Å². The Morgan fingerprint density at radius 2 is 1.48 bits per heavy atom. The van der Waals surface area contributed by atoms with Gasteiger partial charge in [0.1, 0.15) is 17.7 Å². The first-order chi connectivity index (χ1) is 26.7. The van der Waals surface area contributed by atoms with Crippen LogP contribution < -0.4 is 4.74 Å². The van der Waals surface area contributed by atoms with Gasteiger partial charge in [0, 0.05) is 28.2 Å². The van der Waals surface area contributed by atoms with Gasteiger partial charge in [0.05, 0.1) is 22.6 Å². The van der Waals surface area contributed by atoms with Gasteiger partial charge in [-0.1, -0.05) is 116 Å². The molecule has 2 aromatic heterocycles. The van der Waals surface area contributed by atoms with Gasteiger partial charge in [-0.2, -0.15) is 0 Å². The van der Waals surface area contributed by atoms with E-state index in [-0.39, 0.29) is 12.0 Å². The molecule has 4 heteroatoms. The van der Waals surface area contributed by atoms with Crippen LogP contribution in [0.3, 0.4) is 0 Å². The predicted molar refractivity (Wildman–Crippen MR) is 221 cm³/mol. The van der Waals surface area contributed by atoms with Crippen molar-refractivity contribution in [1.82, 2.24) is 14.1 Å². The lowest BCUT2D eigenvalue weighted by Gasteiger charge is -2.31. The highest BCUT2D eigenvalue weighted by molar-refractivity contribution is 5.88. The first-order valence-corrected chi connectivity index (χ1v) is 19.5. The van der Waals surface area contributed by atoms with Crippen molar-refractivity contribution in [2.75, 3.05) is 0 Å². The third-order valence-electron chi connectivity index (χ3n) is 12.2. The van der Waals surface area contributed by atoms with Gasteiger partial charge in [0.25, 0.3) is 0 Å². The molecule has 262 valence electrons. The maximum absolute atomic E-state index is 7.18. The number of hydrogen-bond acceptors (Lipinski definition) is 2. The molecular weight excluding hydrogens is 659 g/mol. The minimum atomic E-state index is 0.0884. The lowest BCUT2D eigenvalue weighted by molar-refractivity contribution is 0.154. The Bertz CT molecular complexity index is 2670. The van der Waals surface area contributed by atoms with Crippen LogP contribution in [0.1, 0.15) is 71.3 Å². The molecule has 0 saturated heterocycles. The van der Waals surface area contributed by atoms with Crippen molar-refractivity contribution in [1.29, 1.82) is 0 Å². The highest BCUT2D eigenvalue weighted by atomic mass is 16.5. The zero-order chi connectivity index (χ0) is 35.8. The SMILES string of the molecule is CC1CC=C(c2ccc(-c3nc4ccccc4n3-c3ccccc3)cc2)C2c3cccc(-n4c5c(c6c4CCC(c4ccccc4)=C6)CCC=C5)c3OC12. The fraction of sp³-hybridized carbons (Fsp3) is 0.180. The normalized spacial score (nSPS) is 19.7. The van der Waals surface area contributed by atoms with E-state index in [0.29, 0.717) is 5.92 Å². The van der Waals surface area contributed by atoms with E-state index in [2.05, 4.69) is 168 Å². The molecule has 0 spiro atoms. The minimum absolute atomic E-state index is 0.0884. The summed E-state index contributed by atoms with van der Waals surface area (Å²) in [4.78, 5) is 5.13. The number of rotatable bonds is 5. The van der Waals surface area contributed by atoms with Crippen molar-refractivity contribution >= 4 is 34.3 Å². The second kappa shape index (κ2) is 12.5. The number of aromatic nitrogens is 3. The van der Waals surface area contributed by atoms with Gasteiger partial charge in [0.2, 0.25) is 0 Å². The molecule has 0 saturated carbocycles. The van der Waals surface area contributed by atoms with Crippen molar-refractivity contribution in [2.45, 2.75) is 51.0 Å². The van der Waals surface area contributed by atoms with E-state index >= 15 is 0 Å². The van der Waals surface area contributed by atoms with Crippen LogP contribution in [0, 0.1) is 5.92 Å². The smallest absolute Gasteiger partial charge is 0.147 e. The largest absolute Gasteiger partial charge is 0.487 e. The molecule has 7 aromatic rings. The molecule has 5 aromatic carbocycles. The van der Waals surface area contributed by atoms with Crippen LogP contribution in [0.25, 0.3) is 57.1 Å². The molecule has 1 aliphatic heterocycles. The summed E-state index contributed by atoms with van der Waals surface area (Å²) >= 11 is 0. The maximum atomic E-state index is 7.18. The molecule has 3 heterocycles. The number of para-hydroxylation sites is 4. The Labute approximate surface area is 316 Å². The van der Waals surface area contributed by atoms with Crippen LogP contribution in [0.4, 0.5) is 0 Å². The number of allylic oxidation sites excluding steroid dienone is 3. The number of ether oxygens (including phenoxy) is 1. The van der Waals surface area contributed by atoms with Crippen molar-refractivity contribution < 1.29 is 4.74 Å². The zero-order valence-electron chi connectivity index (χ0n) is 30.5. The van der Waals surface area contributed by atoms with Gasteiger partial charge >= 0.3 is 0 Å². The molecule has 11 rings (SSSR count). The number of fused-ring (bicyclic) bond motifs is 7. The summed E-state index contributed by atoms with van der Waals surface area (Å²) in [6.07, 6.45) is 14.9. The van der Waals surface area contributed by atoms with E-state index in [1.54, 1.807) is 0 Å². The number of benzene rings is 5. The summed E-state index contributed by atoms with van der Waals surface area (Å²) in [5.74, 6) is 2.59. The predicted octanol–water partition coefficient (Wildman–Crippen LogP) is 11.9. The van der Waals surface area contributed by atoms with E-state index < -0.39 is 0 Å². The van der Waals surface area contributed by atoms with Crippen LogP contribution >= 0.6 is 0 Å². The zero-order valence-corrected chi connectivity index (χ0v) is 30.5. The standard InChI is InChI=1S/C50H41N3O/c1-32-23-29-38(34-24-26-35(27-25-34)50-51-42-19-9-11-21-45(42)52(50)37-15-6-3-7-16-37)47-40-18-12-22-46(49(40)54-48(32)47)53-43-20-10-8-17-39(43)41-31-36(28-30-44(41)53)33-13-4-2-5-14-33/h2-7,9-16,18-22,24-27,29,31-32,47-48H,8,17,23,28,30H2,1H3. The van der Waals surface area contributed by atoms with E-state index in [4.69, 9.17) is 9.72 Å². The van der Waals surface area contributed by atoms with Crippen LogP contribution in [0.2, 0.25) is 0 Å². The molecule has 3 unspecified atom stereocenters. The Kier molecular flexibility index (Phi) is 7.26.